The number of thioether (sulfide) groups is 1. The SMILES string of the molecule is O=C(c1ccccc1)n1c(CSc2ccccc2)cc(=O)n(C(=O)c2ccccc2)c1=O. The van der Waals surface area contributed by atoms with Crippen LogP contribution in [-0.2, 0) is 5.75 Å². The molecule has 0 atom stereocenters. The predicted octanol–water partition coefficient (Wildman–Crippen LogP) is 3.68. The maximum atomic E-state index is 13.3. The minimum atomic E-state index is -0.983. The van der Waals surface area contributed by atoms with Crippen LogP contribution in [0.5, 0.6) is 0 Å². The van der Waals surface area contributed by atoms with Crippen LogP contribution in [-0.4, -0.2) is 20.9 Å². The van der Waals surface area contributed by atoms with Gasteiger partial charge in [0, 0.05) is 33.5 Å². The van der Waals surface area contributed by atoms with E-state index in [0.29, 0.717) is 4.57 Å². The molecule has 1 aromatic heterocycles. The summed E-state index contributed by atoms with van der Waals surface area (Å²) in [6.45, 7) is 0. The largest absolute Gasteiger partial charge is 0.345 e. The molecule has 4 aromatic rings. The van der Waals surface area contributed by atoms with Crippen molar-refractivity contribution in [3.8, 4) is 0 Å². The first-order chi connectivity index (χ1) is 15.6. The van der Waals surface area contributed by atoms with Crippen molar-refractivity contribution >= 4 is 23.6 Å². The first-order valence-electron chi connectivity index (χ1n) is 9.81. The highest BCUT2D eigenvalue weighted by molar-refractivity contribution is 7.98. The number of nitrogens with zero attached hydrogens (tertiary/aromatic N) is 2. The summed E-state index contributed by atoms with van der Waals surface area (Å²) in [4.78, 5) is 53.2. The summed E-state index contributed by atoms with van der Waals surface area (Å²) in [7, 11) is 0. The smallest absolute Gasteiger partial charge is 0.269 e. The van der Waals surface area contributed by atoms with Gasteiger partial charge in [-0.15, -0.1) is 11.8 Å². The monoisotopic (exact) mass is 442 g/mol. The van der Waals surface area contributed by atoms with E-state index in [-0.39, 0.29) is 22.6 Å². The molecule has 158 valence electrons. The van der Waals surface area contributed by atoms with E-state index >= 15 is 0 Å². The lowest BCUT2D eigenvalue weighted by Gasteiger charge is -2.14. The van der Waals surface area contributed by atoms with E-state index in [9.17, 15) is 19.2 Å². The molecule has 0 saturated carbocycles. The van der Waals surface area contributed by atoms with Crippen LogP contribution in [0.1, 0.15) is 26.4 Å². The predicted molar refractivity (Wildman–Crippen MR) is 123 cm³/mol. The number of aromatic nitrogens is 2. The second-order valence-electron chi connectivity index (χ2n) is 6.87. The molecule has 0 radical (unpaired) electrons. The highest BCUT2D eigenvalue weighted by Gasteiger charge is 2.22. The van der Waals surface area contributed by atoms with Gasteiger partial charge in [0.1, 0.15) is 0 Å². The Labute approximate surface area is 187 Å². The number of carbonyl (C=O) groups is 2. The molecule has 0 bridgehead atoms. The van der Waals surface area contributed by atoms with Crippen LogP contribution in [0.15, 0.2) is 112 Å². The molecule has 3 aromatic carbocycles. The minimum absolute atomic E-state index is 0.178. The summed E-state index contributed by atoms with van der Waals surface area (Å²) in [5.74, 6) is -1.18. The van der Waals surface area contributed by atoms with Crippen LogP contribution < -0.4 is 11.2 Å². The molecule has 0 amide bonds. The molecule has 0 saturated heterocycles. The van der Waals surface area contributed by atoms with Crippen molar-refractivity contribution < 1.29 is 9.59 Å². The lowest BCUT2D eigenvalue weighted by atomic mass is 10.2. The Balaban J connectivity index is 1.84. The van der Waals surface area contributed by atoms with Crippen LogP contribution in [0.25, 0.3) is 0 Å². The van der Waals surface area contributed by atoms with Gasteiger partial charge in [0.15, 0.2) is 0 Å². The molecule has 0 aliphatic heterocycles. The van der Waals surface area contributed by atoms with Gasteiger partial charge in [-0.3, -0.25) is 14.4 Å². The summed E-state index contributed by atoms with van der Waals surface area (Å²) >= 11 is 1.38. The van der Waals surface area contributed by atoms with Crippen molar-refractivity contribution in [3.63, 3.8) is 0 Å². The molecule has 0 N–H and O–H groups in total. The van der Waals surface area contributed by atoms with Crippen molar-refractivity contribution in [2.75, 3.05) is 0 Å². The zero-order valence-electron chi connectivity index (χ0n) is 16.9. The number of benzene rings is 3. The topological polar surface area (TPSA) is 78.1 Å². The molecular formula is C25H18N2O4S. The fourth-order valence-corrected chi connectivity index (χ4v) is 4.07. The summed E-state index contributed by atoms with van der Waals surface area (Å²) in [5.41, 5.74) is -1.08. The molecule has 4 rings (SSSR count). The zero-order valence-corrected chi connectivity index (χ0v) is 17.7. The van der Waals surface area contributed by atoms with Gasteiger partial charge < -0.3 is 0 Å². The van der Waals surface area contributed by atoms with Gasteiger partial charge in [-0.25, -0.2) is 9.36 Å². The van der Waals surface area contributed by atoms with Gasteiger partial charge in [0.2, 0.25) is 0 Å². The maximum Gasteiger partial charge on any atom is 0.345 e. The number of rotatable bonds is 5. The molecule has 0 aliphatic carbocycles. The van der Waals surface area contributed by atoms with Crippen LogP contribution in [0.4, 0.5) is 0 Å². The quantitative estimate of drug-likeness (QED) is 0.441. The Morgan fingerprint density at radius 1 is 0.656 bits per heavy atom. The third kappa shape index (κ3) is 4.38. The van der Waals surface area contributed by atoms with Crippen molar-refractivity contribution in [2.24, 2.45) is 0 Å². The Bertz CT molecular complexity index is 1380. The highest BCUT2D eigenvalue weighted by atomic mass is 32.2. The first kappa shape index (κ1) is 21.3. The summed E-state index contributed by atoms with van der Waals surface area (Å²) < 4.78 is 1.42. The lowest BCUT2D eigenvalue weighted by molar-refractivity contribution is 0.0929. The first-order valence-corrected chi connectivity index (χ1v) is 10.8. The number of hydrogen-bond donors (Lipinski definition) is 0. The fraction of sp³-hybridized carbons (Fsp3) is 0.0400. The summed E-state index contributed by atoms with van der Waals surface area (Å²) in [6, 6.07) is 26.9. The molecule has 0 aliphatic rings. The highest BCUT2D eigenvalue weighted by Crippen LogP contribution is 2.21. The van der Waals surface area contributed by atoms with Gasteiger partial charge in [-0.05, 0) is 36.4 Å². The van der Waals surface area contributed by atoms with Crippen LogP contribution >= 0.6 is 11.8 Å². The van der Waals surface area contributed by atoms with Crippen LogP contribution in [0.2, 0.25) is 0 Å². The van der Waals surface area contributed by atoms with Gasteiger partial charge in [-0.1, -0.05) is 54.6 Å². The zero-order chi connectivity index (χ0) is 22.5. The normalized spacial score (nSPS) is 10.6. The molecule has 1 heterocycles. The third-order valence-electron chi connectivity index (χ3n) is 4.76. The average Bonchev–Trinajstić information content (AvgIpc) is 2.84. The van der Waals surface area contributed by atoms with E-state index in [1.165, 1.54) is 30.0 Å². The second kappa shape index (κ2) is 9.45. The van der Waals surface area contributed by atoms with Gasteiger partial charge >= 0.3 is 5.69 Å². The molecular weight excluding hydrogens is 424 g/mol. The Morgan fingerprint density at radius 2 is 1.12 bits per heavy atom. The van der Waals surface area contributed by atoms with E-state index < -0.39 is 23.1 Å². The molecule has 6 nitrogen and oxygen atoms in total. The van der Waals surface area contributed by atoms with E-state index in [1.54, 1.807) is 48.5 Å². The van der Waals surface area contributed by atoms with E-state index in [1.807, 2.05) is 30.3 Å². The molecule has 0 spiro atoms. The van der Waals surface area contributed by atoms with Crippen molar-refractivity contribution in [2.45, 2.75) is 10.6 Å². The number of hydrogen-bond acceptors (Lipinski definition) is 5. The minimum Gasteiger partial charge on any atom is -0.269 e. The second-order valence-corrected chi connectivity index (χ2v) is 7.92. The van der Waals surface area contributed by atoms with Crippen molar-refractivity contribution in [1.82, 2.24) is 9.13 Å². The molecule has 0 unspecified atom stereocenters. The molecule has 32 heavy (non-hydrogen) atoms. The average molecular weight is 442 g/mol. The van der Waals surface area contributed by atoms with E-state index in [4.69, 9.17) is 0 Å². The summed E-state index contributed by atoms with van der Waals surface area (Å²) in [6.07, 6.45) is 0. The standard InChI is InChI=1S/C25H18N2O4S/c28-22-16-20(17-32-21-14-8-3-9-15-21)26(23(29)18-10-4-1-5-11-18)25(31)27(22)24(30)19-12-6-2-7-13-19/h1-16H,17H2. The fourth-order valence-electron chi connectivity index (χ4n) is 3.19. The maximum absolute atomic E-state index is 13.3. The summed E-state index contributed by atoms with van der Waals surface area (Å²) in [5, 5.41) is 0. The van der Waals surface area contributed by atoms with Crippen LogP contribution in [0.3, 0.4) is 0 Å². The molecule has 7 heteroatoms. The van der Waals surface area contributed by atoms with Gasteiger partial charge in [-0.2, -0.15) is 4.57 Å². The Morgan fingerprint density at radius 3 is 1.66 bits per heavy atom. The van der Waals surface area contributed by atoms with Gasteiger partial charge in [0.25, 0.3) is 17.4 Å². The van der Waals surface area contributed by atoms with Crippen LogP contribution in [0, 0.1) is 0 Å². The van der Waals surface area contributed by atoms with E-state index in [2.05, 4.69) is 0 Å². The molecule has 0 fully saturated rings. The Hall–Kier alpha value is -3.97. The lowest BCUT2D eigenvalue weighted by Crippen LogP contribution is -2.46. The van der Waals surface area contributed by atoms with Crippen molar-refractivity contribution in [3.05, 3.63) is 135 Å². The van der Waals surface area contributed by atoms with Gasteiger partial charge in [0.05, 0.1) is 0 Å². The van der Waals surface area contributed by atoms with Crippen molar-refractivity contribution in [1.29, 1.82) is 0 Å². The number of carbonyl (C=O) groups excluding carboxylic acids is 2. The van der Waals surface area contributed by atoms with E-state index in [0.717, 1.165) is 9.46 Å². The Kier molecular flexibility index (Phi) is 6.28. The third-order valence-corrected chi connectivity index (χ3v) is 5.80.